The highest BCUT2D eigenvalue weighted by Crippen LogP contribution is 2.11. The summed E-state index contributed by atoms with van der Waals surface area (Å²) in [5.74, 6) is -0.170. The average Bonchev–Trinajstić information content (AvgIpc) is 2.64. The third-order valence-electron chi connectivity index (χ3n) is 1.76. The van der Waals surface area contributed by atoms with Gasteiger partial charge in [0.05, 0.1) is 12.3 Å². The summed E-state index contributed by atoms with van der Waals surface area (Å²) in [7, 11) is 0. The van der Waals surface area contributed by atoms with E-state index in [0.29, 0.717) is 5.69 Å². The Kier molecular flexibility index (Phi) is 5.77. The number of aliphatic hydroxyl groups excluding tert-OH is 1. The molecule has 0 aliphatic heterocycles. The number of Topliss-reactive ketones (excluding diaryl/α,β-unsaturated/α-hetero) is 1. The van der Waals surface area contributed by atoms with Gasteiger partial charge in [0.25, 0.3) is 0 Å². The van der Waals surface area contributed by atoms with E-state index < -0.39 is 0 Å². The number of aliphatic hydroxyl groups is 1. The molecular formula is C10H19N3O2. The standard InChI is InChI=1S/C8H13N3O2.C2H6/c1-5(2)11-7(4-12)8(6(3)13)9-10-11;1-2/h5,12H,4H2,1-3H3;1-2H3. The van der Waals surface area contributed by atoms with Gasteiger partial charge in [-0.1, -0.05) is 19.1 Å². The highest BCUT2D eigenvalue weighted by molar-refractivity contribution is 5.93. The first kappa shape index (κ1) is 13.8. The molecule has 0 aliphatic rings. The Bertz CT molecular complexity index is 318. The van der Waals surface area contributed by atoms with Gasteiger partial charge in [-0.2, -0.15) is 0 Å². The molecular weight excluding hydrogens is 194 g/mol. The van der Waals surface area contributed by atoms with Gasteiger partial charge in [0, 0.05) is 13.0 Å². The number of hydrogen-bond donors (Lipinski definition) is 1. The van der Waals surface area contributed by atoms with Crippen molar-refractivity contribution in [2.45, 2.75) is 47.3 Å². The summed E-state index contributed by atoms with van der Waals surface area (Å²) in [4.78, 5) is 11.0. The Morgan fingerprint density at radius 2 is 2.00 bits per heavy atom. The lowest BCUT2D eigenvalue weighted by Gasteiger charge is -2.07. The van der Waals surface area contributed by atoms with Crippen molar-refractivity contribution in [3.05, 3.63) is 11.4 Å². The summed E-state index contributed by atoms with van der Waals surface area (Å²) < 4.78 is 1.55. The van der Waals surface area contributed by atoms with Crippen molar-refractivity contribution in [3.63, 3.8) is 0 Å². The van der Waals surface area contributed by atoms with E-state index in [1.807, 2.05) is 27.7 Å². The SMILES string of the molecule is CC.CC(=O)c1nnn(C(C)C)c1CO. The number of hydrogen-bond acceptors (Lipinski definition) is 4. The lowest BCUT2D eigenvalue weighted by Crippen LogP contribution is -2.09. The lowest BCUT2D eigenvalue weighted by molar-refractivity contribution is 0.100. The molecule has 0 radical (unpaired) electrons. The first-order valence-corrected chi connectivity index (χ1v) is 5.13. The molecule has 0 fully saturated rings. The molecule has 0 saturated heterocycles. The van der Waals surface area contributed by atoms with Crippen LogP contribution in [0.15, 0.2) is 0 Å². The van der Waals surface area contributed by atoms with Gasteiger partial charge < -0.3 is 5.11 Å². The zero-order valence-electron chi connectivity index (χ0n) is 9.98. The highest BCUT2D eigenvalue weighted by Gasteiger charge is 2.16. The molecule has 0 saturated carbocycles. The second kappa shape index (κ2) is 6.29. The van der Waals surface area contributed by atoms with Gasteiger partial charge in [0.15, 0.2) is 11.5 Å². The molecule has 1 rings (SSSR count). The van der Waals surface area contributed by atoms with Crippen molar-refractivity contribution in [2.24, 2.45) is 0 Å². The van der Waals surface area contributed by atoms with E-state index in [0.717, 1.165) is 0 Å². The van der Waals surface area contributed by atoms with Crippen LogP contribution in [-0.2, 0) is 6.61 Å². The van der Waals surface area contributed by atoms with Crippen LogP contribution in [0.1, 0.15) is 56.8 Å². The van der Waals surface area contributed by atoms with Crippen molar-refractivity contribution < 1.29 is 9.90 Å². The fourth-order valence-electron chi connectivity index (χ4n) is 1.15. The summed E-state index contributed by atoms with van der Waals surface area (Å²) in [6.45, 7) is 9.03. The second-order valence-corrected chi connectivity index (χ2v) is 3.14. The Labute approximate surface area is 90.1 Å². The molecule has 1 aromatic heterocycles. The number of carbonyl (C=O) groups is 1. The number of ketones is 1. The highest BCUT2D eigenvalue weighted by atomic mass is 16.3. The second-order valence-electron chi connectivity index (χ2n) is 3.14. The van der Waals surface area contributed by atoms with E-state index >= 15 is 0 Å². The van der Waals surface area contributed by atoms with Crippen molar-refractivity contribution in [2.75, 3.05) is 0 Å². The first-order valence-electron chi connectivity index (χ1n) is 5.13. The van der Waals surface area contributed by atoms with Crippen LogP contribution in [0.4, 0.5) is 0 Å². The predicted molar refractivity (Wildman–Crippen MR) is 57.7 cm³/mol. The van der Waals surface area contributed by atoms with Gasteiger partial charge in [-0.3, -0.25) is 4.79 Å². The molecule has 0 spiro atoms. The molecule has 0 aliphatic carbocycles. The van der Waals surface area contributed by atoms with Gasteiger partial charge in [-0.15, -0.1) is 5.10 Å². The Morgan fingerprint density at radius 3 is 2.33 bits per heavy atom. The van der Waals surface area contributed by atoms with Gasteiger partial charge in [-0.05, 0) is 13.8 Å². The number of aromatic nitrogens is 3. The van der Waals surface area contributed by atoms with Crippen LogP contribution in [0.5, 0.6) is 0 Å². The van der Waals surface area contributed by atoms with E-state index in [9.17, 15) is 4.79 Å². The predicted octanol–water partition coefficient (Wildman–Crippen LogP) is 1.58. The molecule has 1 N–H and O–H groups in total. The smallest absolute Gasteiger partial charge is 0.182 e. The van der Waals surface area contributed by atoms with Gasteiger partial charge >= 0.3 is 0 Å². The Balaban J connectivity index is 0.000000921. The minimum absolute atomic E-state index is 0.0998. The fraction of sp³-hybridized carbons (Fsp3) is 0.700. The quantitative estimate of drug-likeness (QED) is 0.774. The summed E-state index contributed by atoms with van der Waals surface area (Å²) >= 11 is 0. The van der Waals surface area contributed by atoms with Crippen LogP contribution < -0.4 is 0 Å². The molecule has 0 aromatic carbocycles. The van der Waals surface area contributed by atoms with E-state index in [1.165, 1.54) is 6.92 Å². The molecule has 0 bridgehead atoms. The number of nitrogens with zero attached hydrogens (tertiary/aromatic N) is 3. The van der Waals surface area contributed by atoms with Crippen LogP contribution in [0.2, 0.25) is 0 Å². The monoisotopic (exact) mass is 213 g/mol. The van der Waals surface area contributed by atoms with E-state index in [-0.39, 0.29) is 24.1 Å². The van der Waals surface area contributed by atoms with E-state index in [1.54, 1.807) is 4.68 Å². The maximum absolute atomic E-state index is 11.0. The van der Waals surface area contributed by atoms with Crippen LogP contribution in [0.3, 0.4) is 0 Å². The third kappa shape index (κ3) is 3.13. The van der Waals surface area contributed by atoms with Crippen LogP contribution in [-0.4, -0.2) is 25.9 Å². The molecule has 1 aromatic rings. The van der Waals surface area contributed by atoms with Crippen LogP contribution >= 0.6 is 0 Å². The zero-order valence-corrected chi connectivity index (χ0v) is 9.98. The summed E-state index contributed by atoms with van der Waals surface area (Å²) in [6.07, 6.45) is 0. The number of carbonyl (C=O) groups excluding carboxylic acids is 1. The summed E-state index contributed by atoms with van der Waals surface area (Å²) in [6, 6.07) is 0.0998. The van der Waals surface area contributed by atoms with Crippen molar-refractivity contribution in [1.82, 2.24) is 15.0 Å². The maximum Gasteiger partial charge on any atom is 0.182 e. The van der Waals surface area contributed by atoms with E-state index in [2.05, 4.69) is 10.3 Å². The molecule has 0 unspecified atom stereocenters. The molecule has 86 valence electrons. The number of rotatable bonds is 3. The first-order chi connectivity index (χ1) is 7.07. The third-order valence-corrected chi connectivity index (χ3v) is 1.76. The Morgan fingerprint density at radius 1 is 1.47 bits per heavy atom. The normalized spacial score (nSPS) is 9.80. The molecule has 0 atom stereocenters. The average molecular weight is 213 g/mol. The molecule has 0 amide bonds. The summed E-state index contributed by atoms with van der Waals surface area (Å²) in [5.41, 5.74) is 0.749. The summed E-state index contributed by atoms with van der Waals surface area (Å²) in [5, 5.41) is 16.5. The fourth-order valence-corrected chi connectivity index (χ4v) is 1.15. The maximum atomic E-state index is 11.0. The molecule has 15 heavy (non-hydrogen) atoms. The minimum atomic E-state index is -0.208. The van der Waals surface area contributed by atoms with Gasteiger partial charge in [0.2, 0.25) is 0 Å². The largest absolute Gasteiger partial charge is 0.390 e. The van der Waals surface area contributed by atoms with E-state index in [4.69, 9.17) is 5.11 Å². The van der Waals surface area contributed by atoms with Gasteiger partial charge in [0.1, 0.15) is 0 Å². The van der Waals surface area contributed by atoms with Crippen LogP contribution in [0.25, 0.3) is 0 Å². The van der Waals surface area contributed by atoms with Crippen LogP contribution in [0, 0.1) is 0 Å². The van der Waals surface area contributed by atoms with Crippen molar-refractivity contribution >= 4 is 5.78 Å². The molecule has 5 heteroatoms. The van der Waals surface area contributed by atoms with Gasteiger partial charge in [-0.25, -0.2) is 4.68 Å². The van der Waals surface area contributed by atoms with Crippen molar-refractivity contribution in [1.29, 1.82) is 0 Å². The minimum Gasteiger partial charge on any atom is -0.390 e. The molecule has 5 nitrogen and oxygen atoms in total. The lowest BCUT2D eigenvalue weighted by atomic mass is 10.2. The Hall–Kier alpha value is -1.23. The van der Waals surface area contributed by atoms with Crippen molar-refractivity contribution in [3.8, 4) is 0 Å². The topological polar surface area (TPSA) is 68.0 Å². The molecule has 1 heterocycles. The zero-order chi connectivity index (χ0) is 12.0.